The van der Waals surface area contributed by atoms with Gasteiger partial charge in [-0.3, -0.25) is 4.68 Å². The van der Waals surface area contributed by atoms with E-state index in [0.29, 0.717) is 12.5 Å². The van der Waals surface area contributed by atoms with Gasteiger partial charge in [0.2, 0.25) is 0 Å². The zero-order valence-electron chi connectivity index (χ0n) is 8.81. The lowest BCUT2D eigenvalue weighted by molar-refractivity contribution is 0.101. The molecule has 0 saturated carbocycles. The highest BCUT2D eigenvalue weighted by Crippen LogP contribution is 2.22. The molecule has 1 aliphatic rings. The first kappa shape index (κ1) is 8.92. The number of hydrogen-bond acceptors (Lipinski definition) is 2. The summed E-state index contributed by atoms with van der Waals surface area (Å²) in [5.74, 6) is 0.542. The Balaban J connectivity index is 2.19. The van der Waals surface area contributed by atoms with Gasteiger partial charge in [0, 0.05) is 11.9 Å². The van der Waals surface area contributed by atoms with Crippen molar-refractivity contribution in [2.24, 2.45) is 5.92 Å². The van der Waals surface area contributed by atoms with Crippen molar-refractivity contribution in [1.82, 2.24) is 9.78 Å². The summed E-state index contributed by atoms with van der Waals surface area (Å²) in [5, 5.41) is 5.83. The van der Waals surface area contributed by atoms with Gasteiger partial charge in [-0.05, 0) is 12.0 Å². The summed E-state index contributed by atoms with van der Waals surface area (Å²) in [5.41, 5.74) is 2.29. The summed E-state index contributed by atoms with van der Waals surface area (Å²) < 4.78 is 7.74. The largest absolute Gasteiger partial charge is 0.375 e. The average Bonchev–Trinajstić information content (AvgIpc) is 2.46. The Morgan fingerprint density at radius 3 is 3.20 bits per heavy atom. The zero-order valence-corrected chi connectivity index (χ0v) is 8.81. The Labute approximate surface area is 88.7 Å². The highest BCUT2D eigenvalue weighted by atomic mass is 16.5. The van der Waals surface area contributed by atoms with Gasteiger partial charge in [-0.2, -0.15) is 5.10 Å². The number of aromatic nitrogens is 2. The molecule has 15 heavy (non-hydrogen) atoms. The van der Waals surface area contributed by atoms with Crippen molar-refractivity contribution in [3.05, 3.63) is 30.0 Å². The molecule has 2 heterocycles. The van der Waals surface area contributed by atoms with Crippen molar-refractivity contribution in [3.8, 4) is 0 Å². The molecule has 1 aromatic carbocycles. The highest BCUT2D eigenvalue weighted by molar-refractivity contribution is 5.81. The summed E-state index contributed by atoms with van der Waals surface area (Å²) in [7, 11) is 0. The Bertz CT molecular complexity index is 489. The molecule has 1 aliphatic heterocycles. The molecule has 1 atom stereocenters. The van der Waals surface area contributed by atoms with Crippen LogP contribution in [0.5, 0.6) is 0 Å². The molecule has 1 unspecified atom stereocenters. The van der Waals surface area contributed by atoms with E-state index in [1.54, 1.807) is 0 Å². The molecule has 0 spiro atoms. The molecule has 0 fully saturated rings. The van der Waals surface area contributed by atoms with Crippen LogP contribution < -0.4 is 0 Å². The molecule has 3 rings (SSSR count). The van der Waals surface area contributed by atoms with Crippen molar-refractivity contribution < 1.29 is 4.74 Å². The van der Waals surface area contributed by atoms with E-state index in [0.717, 1.165) is 18.7 Å². The summed E-state index contributed by atoms with van der Waals surface area (Å²) in [6.07, 6.45) is 0. The lowest BCUT2D eigenvalue weighted by Gasteiger charge is -2.05. The molecule has 2 aromatic rings. The first-order valence-corrected chi connectivity index (χ1v) is 5.37. The quantitative estimate of drug-likeness (QED) is 0.655. The van der Waals surface area contributed by atoms with Crippen LogP contribution >= 0.6 is 0 Å². The fourth-order valence-corrected chi connectivity index (χ4v) is 2.14. The van der Waals surface area contributed by atoms with E-state index in [1.165, 1.54) is 11.1 Å². The number of hydrogen-bond donors (Lipinski definition) is 0. The van der Waals surface area contributed by atoms with Crippen LogP contribution in [0.1, 0.15) is 12.6 Å². The van der Waals surface area contributed by atoms with Gasteiger partial charge in [0.25, 0.3) is 0 Å². The van der Waals surface area contributed by atoms with Crippen molar-refractivity contribution in [3.63, 3.8) is 0 Å². The second-order valence-electron chi connectivity index (χ2n) is 4.27. The normalized spacial score (nSPS) is 21.3. The molecule has 1 aromatic heterocycles. The van der Waals surface area contributed by atoms with Gasteiger partial charge in [-0.1, -0.05) is 25.1 Å². The SMILES string of the molecule is CC1COCc2c3ccccc3nn2C1. The molecule has 0 aliphatic carbocycles. The van der Waals surface area contributed by atoms with Crippen LogP contribution in [0.25, 0.3) is 10.9 Å². The predicted octanol–water partition coefficient (Wildman–Crippen LogP) is 2.20. The Kier molecular flexibility index (Phi) is 1.99. The second kappa shape index (κ2) is 3.35. The van der Waals surface area contributed by atoms with Gasteiger partial charge in [-0.25, -0.2) is 0 Å². The van der Waals surface area contributed by atoms with Gasteiger partial charge in [0.1, 0.15) is 0 Å². The lowest BCUT2D eigenvalue weighted by Crippen LogP contribution is -2.10. The minimum Gasteiger partial charge on any atom is -0.375 e. The van der Waals surface area contributed by atoms with E-state index in [4.69, 9.17) is 4.74 Å². The maximum absolute atomic E-state index is 5.64. The third-order valence-corrected chi connectivity index (χ3v) is 2.88. The van der Waals surface area contributed by atoms with E-state index in [-0.39, 0.29) is 0 Å². The van der Waals surface area contributed by atoms with Gasteiger partial charge >= 0.3 is 0 Å². The van der Waals surface area contributed by atoms with E-state index in [2.05, 4.69) is 34.9 Å². The van der Waals surface area contributed by atoms with Crippen LogP contribution in [-0.4, -0.2) is 16.4 Å². The smallest absolute Gasteiger partial charge is 0.0927 e. The Morgan fingerprint density at radius 1 is 1.40 bits per heavy atom. The third kappa shape index (κ3) is 1.43. The molecule has 0 saturated heterocycles. The third-order valence-electron chi connectivity index (χ3n) is 2.88. The van der Waals surface area contributed by atoms with Crippen molar-refractivity contribution in [1.29, 1.82) is 0 Å². The molecule has 0 bridgehead atoms. The Hall–Kier alpha value is -1.35. The maximum Gasteiger partial charge on any atom is 0.0927 e. The van der Waals surface area contributed by atoms with Gasteiger partial charge < -0.3 is 4.74 Å². The maximum atomic E-state index is 5.64. The molecule has 3 nitrogen and oxygen atoms in total. The standard InChI is InChI=1S/C12H14N2O/c1-9-6-14-12(8-15-7-9)10-4-2-3-5-11(10)13-14/h2-5,9H,6-8H2,1H3. The molecule has 0 radical (unpaired) electrons. The zero-order chi connectivity index (χ0) is 10.3. The number of fused-ring (bicyclic) bond motifs is 3. The first-order valence-electron chi connectivity index (χ1n) is 5.37. The van der Waals surface area contributed by atoms with Crippen LogP contribution in [0.3, 0.4) is 0 Å². The van der Waals surface area contributed by atoms with Crippen molar-refractivity contribution in [2.75, 3.05) is 6.61 Å². The van der Waals surface area contributed by atoms with Gasteiger partial charge in [0.15, 0.2) is 0 Å². The molecular weight excluding hydrogens is 188 g/mol. The molecule has 78 valence electrons. The molecule has 0 amide bonds. The van der Waals surface area contributed by atoms with E-state index < -0.39 is 0 Å². The predicted molar refractivity (Wildman–Crippen MR) is 58.6 cm³/mol. The Morgan fingerprint density at radius 2 is 2.27 bits per heavy atom. The summed E-state index contributed by atoms with van der Waals surface area (Å²) >= 11 is 0. The highest BCUT2D eigenvalue weighted by Gasteiger charge is 2.17. The second-order valence-corrected chi connectivity index (χ2v) is 4.27. The fraction of sp³-hybridized carbons (Fsp3) is 0.417. The monoisotopic (exact) mass is 202 g/mol. The number of benzene rings is 1. The van der Waals surface area contributed by atoms with Crippen LogP contribution in [-0.2, 0) is 17.9 Å². The van der Waals surface area contributed by atoms with Crippen LogP contribution in [0.4, 0.5) is 0 Å². The first-order chi connectivity index (χ1) is 7.34. The van der Waals surface area contributed by atoms with E-state index in [9.17, 15) is 0 Å². The number of nitrogens with zero attached hydrogens (tertiary/aromatic N) is 2. The van der Waals surface area contributed by atoms with E-state index >= 15 is 0 Å². The van der Waals surface area contributed by atoms with Gasteiger partial charge in [-0.15, -0.1) is 0 Å². The topological polar surface area (TPSA) is 27.1 Å². The van der Waals surface area contributed by atoms with Crippen LogP contribution in [0.15, 0.2) is 24.3 Å². The summed E-state index contributed by atoms with van der Waals surface area (Å²) in [6, 6.07) is 8.26. The molecule has 0 N–H and O–H groups in total. The minimum absolute atomic E-state index is 0.542. The van der Waals surface area contributed by atoms with Crippen molar-refractivity contribution in [2.45, 2.75) is 20.1 Å². The minimum atomic E-state index is 0.542. The van der Waals surface area contributed by atoms with E-state index in [1.807, 2.05) is 6.07 Å². The van der Waals surface area contributed by atoms with Crippen molar-refractivity contribution >= 4 is 10.9 Å². The summed E-state index contributed by atoms with van der Waals surface area (Å²) in [6.45, 7) is 4.67. The fourth-order valence-electron chi connectivity index (χ4n) is 2.14. The van der Waals surface area contributed by atoms with Gasteiger partial charge in [0.05, 0.1) is 24.4 Å². The lowest BCUT2D eigenvalue weighted by atomic mass is 10.2. The van der Waals surface area contributed by atoms with Crippen LogP contribution in [0, 0.1) is 5.92 Å². The summed E-state index contributed by atoms with van der Waals surface area (Å²) in [4.78, 5) is 0. The number of ether oxygens (including phenoxy) is 1. The van der Waals surface area contributed by atoms with Crippen LogP contribution in [0.2, 0.25) is 0 Å². The molecule has 3 heteroatoms. The molecular formula is C12H14N2O. The average molecular weight is 202 g/mol. The number of rotatable bonds is 0.